The zero-order valence-electron chi connectivity index (χ0n) is 6.07. The minimum atomic E-state index is 0.561. The Balaban J connectivity index is 3.39. The van der Waals surface area contributed by atoms with Gasteiger partial charge in [0.15, 0.2) is 0 Å². The highest BCUT2D eigenvalue weighted by atomic mass is 14.0. The minimum absolute atomic E-state index is 0.561. The SMILES string of the molecule is [CH2+]C(C)C/C(C)=C\C. The van der Waals surface area contributed by atoms with E-state index in [2.05, 4.69) is 33.8 Å². The van der Waals surface area contributed by atoms with Gasteiger partial charge in [0, 0.05) is 6.42 Å². The molecule has 0 nitrogen and oxygen atoms in total. The van der Waals surface area contributed by atoms with Gasteiger partial charge in [0.2, 0.25) is 0 Å². The van der Waals surface area contributed by atoms with Crippen LogP contribution >= 0.6 is 0 Å². The molecule has 0 aliphatic carbocycles. The lowest BCUT2D eigenvalue weighted by Crippen LogP contribution is -1.86. The van der Waals surface area contributed by atoms with E-state index in [0.717, 1.165) is 6.42 Å². The van der Waals surface area contributed by atoms with Gasteiger partial charge in [0.05, 0.1) is 12.8 Å². The predicted octanol–water partition coefficient (Wildman–Crippen LogP) is 2.81. The summed E-state index contributed by atoms with van der Waals surface area (Å²) in [4.78, 5) is 0. The molecule has 8 heavy (non-hydrogen) atoms. The molecule has 0 bridgehead atoms. The molecule has 0 N–H and O–H groups in total. The van der Waals surface area contributed by atoms with Gasteiger partial charge in [-0.05, 0) is 20.8 Å². The number of hydrogen-bond acceptors (Lipinski definition) is 0. The fourth-order valence-electron chi connectivity index (χ4n) is 0.667. The molecule has 0 rings (SSSR count). The molecule has 0 saturated carbocycles. The molecule has 0 heterocycles. The number of hydrogen-bond donors (Lipinski definition) is 0. The maximum absolute atomic E-state index is 3.89. The molecule has 0 heteroatoms. The zero-order chi connectivity index (χ0) is 6.57. The average Bonchev–Trinajstić information content (AvgIpc) is 1.65. The molecule has 1 atom stereocenters. The molecule has 0 saturated heterocycles. The first kappa shape index (κ1) is 7.61. The fourth-order valence-corrected chi connectivity index (χ4v) is 0.667. The van der Waals surface area contributed by atoms with Crippen LogP contribution in [0.1, 0.15) is 27.2 Å². The molecule has 0 radical (unpaired) electrons. The summed E-state index contributed by atoms with van der Waals surface area (Å²) in [6, 6.07) is 0. The van der Waals surface area contributed by atoms with Gasteiger partial charge < -0.3 is 0 Å². The van der Waals surface area contributed by atoms with Crippen LogP contribution in [0.5, 0.6) is 0 Å². The smallest absolute Gasteiger partial charge is 0.0886 e. The van der Waals surface area contributed by atoms with E-state index in [1.54, 1.807) is 0 Å². The van der Waals surface area contributed by atoms with Gasteiger partial charge in [-0.25, -0.2) is 0 Å². The van der Waals surface area contributed by atoms with Gasteiger partial charge in [-0.1, -0.05) is 11.6 Å². The zero-order valence-corrected chi connectivity index (χ0v) is 6.07. The summed E-state index contributed by atoms with van der Waals surface area (Å²) in [7, 11) is 0. The van der Waals surface area contributed by atoms with Crippen molar-refractivity contribution in [2.24, 2.45) is 5.92 Å². The average molecular weight is 111 g/mol. The molecule has 46 valence electrons. The van der Waals surface area contributed by atoms with E-state index >= 15 is 0 Å². The van der Waals surface area contributed by atoms with Crippen molar-refractivity contribution in [1.29, 1.82) is 0 Å². The van der Waals surface area contributed by atoms with Crippen molar-refractivity contribution in [2.75, 3.05) is 0 Å². The summed E-state index contributed by atoms with van der Waals surface area (Å²) in [5.74, 6) is 0.561. The fraction of sp³-hybridized carbons (Fsp3) is 0.625. The molecule has 1 unspecified atom stereocenters. The maximum atomic E-state index is 3.89. The second kappa shape index (κ2) is 3.59. The normalized spacial score (nSPS) is 16.1. The summed E-state index contributed by atoms with van der Waals surface area (Å²) >= 11 is 0. The van der Waals surface area contributed by atoms with Gasteiger partial charge in [-0.15, -0.1) is 0 Å². The largest absolute Gasteiger partial charge is 0.0961 e. The Morgan fingerprint density at radius 1 is 1.75 bits per heavy atom. The van der Waals surface area contributed by atoms with E-state index < -0.39 is 0 Å². The van der Waals surface area contributed by atoms with Crippen molar-refractivity contribution in [3.05, 3.63) is 18.6 Å². The molecule has 0 aliphatic rings. The third-order valence-electron chi connectivity index (χ3n) is 1.16. The van der Waals surface area contributed by atoms with Crippen LogP contribution in [0.15, 0.2) is 11.6 Å². The Labute approximate surface area is 52.6 Å². The van der Waals surface area contributed by atoms with E-state index in [1.807, 2.05) is 0 Å². The molecule has 0 amide bonds. The Morgan fingerprint density at radius 3 is 2.38 bits per heavy atom. The monoisotopic (exact) mass is 111 g/mol. The van der Waals surface area contributed by atoms with Crippen LogP contribution in [0, 0.1) is 12.8 Å². The molecule has 0 fully saturated rings. The number of rotatable bonds is 2. The highest BCUT2D eigenvalue weighted by Crippen LogP contribution is 2.07. The molecule has 0 aromatic rings. The van der Waals surface area contributed by atoms with Gasteiger partial charge in [0.25, 0.3) is 0 Å². The molecule has 0 aromatic heterocycles. The first-order chi connectivity index (χ1) is 3.66. The van der Waals surface area contributed by atoms with Crippen LogP contribution in [-0.2, 0) is 0 Å². The second-order valence-corrected chi connectivity index (χ2v) is 2.44. The van der Waals surface area contributed by atoms with Crippen molar-refractivity contribution in [1.82, 2.24) is 0 Å². The van der Waals surface area contributed by atoms with E-state index in [4.69, 9.17) is 0 Å². The van der Waals surface area contributed by atoms with E-state index in [0.29, 0.717) is 5.92 Å². The lowest BCUT2D eigenvalue weighted by molar-refractivity contribution is 0.711. The Bertz CT molecular complexity index is 78.0. The Morgan fingerprint density at radius 2 is 2.25 bits per heavy atom. The van der Waals surface area contributed by atoms with E-state index in [-0.39, 0.29) is 0 Å². The van der Waals surface area contributed by atoms with Crippen LogP contribution in [0.3, 0.4) is 0 Å². The highest BCUT2D eigenvalue weighted by molar-refractivity contribution is 4.96. The molecular weight excluding hydrogens is 96.1 g/mol. The predicted molar refractivity (Wildman–Crippen MR) is 38.6 cm³/mol. The second-order valence-electron chi connectivity index (χ2n) is 2.44. The summed E-state index contributed by atoms with van der Waals surface area (Å²) in [5.41, 5.74) is 1.44. The minimum Gasteiger partial charge on any atom is -0.0886 e. The quantitative estimate of drug-likeness (QED) is 0.379. The molecular formula is C8H15+. The van der Waals surface area contributed by atoms with Crippen LogP contribution in [0.25, 0.3) is 0 Å². The van der Waals surface area contributed by atoms with Crippen molar-refractivity contribution in [3.63, 3.8) is 0 Å². The molecule has 0 aromatic carbocycles. The topological polar surface area (TPSA) is 0 Å². The maximum Gasteiger partial charge on any atom is 0.0961 e. The Kier molecular flexibility index (Phi) is 3.42. The van der Waals surface area contributed by atoms with Crippen molar-refractivity contribution in [3.8, 4) is 0 Å². The molecule has 0 aliphatic heterocycles. The van der Waals surface area contributed by atoms with Gasteiger partial charge in [-0.2, -0.15) is 0 Å². The standard InChI is InChI=1S/C8H15/c1-5-8(4)6-7(2)3/h5,7H,2,6H2,1,3-4H3/q+1/b8-5-. The summed E-state index contributed by atoms with van der Waals surface area (Å²) < 4.78 is 0. The highest BCUT2D eigenvalue weighted by Gasteiger charge is 1.98. The lowest BCUT2D eigenvalue weighted by atomic mass is 10.0. The van der Waals surface area contributed by atoms with Crippen LogP contribution in [0.4, 0.5) is 0 Å². The van der Waals surface area contributed by atoms with Crippen LogP contribution in [-0.4, -0.2) is 0 Å². The van der Waals surface area contributed by atoms with Crippen molar-refractivity contribution in [2.45, 2.75) is 27.2 Å². The summed E-state index contributed by atoms with van der Waals surface area (Å²) in [6.07, 6.45) is 3.28. The third-order valence-corrected chi connectivity index (χ3v) is 1.16. The molecule has 0 spiro atoms. The number of allylic oxidation sites excluding steroid dienone is 2. The van der Waals surface area contributed by atoms with Gasteiger partial charge >= 0.3 is 0 Å². The lowest BCUT2D eigenvalue weighted by Gasteiger charge is -1.96. The van der Waals surface area contributed by atoms with Crippen molar-refractivity contribution >= 4 is 0 Å². The van der Waals surface area contributed by atoms with Gasteiger partial charge in [-0.3, -0.25) is 0 Å². The summed E-state index contributed by atoms with van der Waals surface area (Å²) in [5, 5.41) is 0. The van der Waals surface area contributed by atoms with Crippen molar-refractivity contribution < 1.29 is 0 Å². The summed E-state index contributed by atoms with van der Waals surface area (Å²) in [6.45, 7) is 10.2. The van der Waals surface area contributed by atoms with E-state index in [1.165, 1.54) is 5.57 Å². The first-order valence-corrected chi connectivity index (χ1v) is 3.11. The van der Waals surface area contributed by atoms with E-state index in [9.17, 15) is 0 Å². The Hall–Kier alpha value is -0.390. The first-order valence-electron chi connectivity index (χ1n) is 3.11. The van der Waals surface area contributed by atoms with Gasteiger partial charge in [0.1, 0.15) is 0 Å². The third kappa shape index (κ3) is 3.79. The van der Waals surface area contributed by atoms with Crippen LogP contribution in [0.2, 0.25) is 0 Å². The van der Waals surface area contributed by atoms with Crippen LogP contribution < -0.4 is 0 Å².